The first-order valence-corrected chi connectivity index (χ1v) is 14.7. The number of rotatable bonds is 5. The molecule has 13 heteroatoms. The van der Waals surface area contributed by atoms with E-state index in [1.807, 2.05) is 0 Å². The fourth-order valence-corrected chi connectivity index (χ4v) is 10.1. The molecule has 0 aromatic heterocycles. The van der Waals surface area contributed by atoms with Crippen molar-refractivity contribution in [1.29, 1.82) is 0 Å². The van der Waals surface area contributed by atoms with Crippen molar-refractivity contribution in [2.75, 3.05) is 0 Å². The van der Waals surface area contributed by atoms with Gasteiger partial charge in [0.25, 0.3) is 0 Å². The highest BCUT2D eigenvalue weighted by molar-refractivity contribution is 7.92. The van der Waals surface area contributed by atoms with Crippen molar-refractivity contribution in [2.24, 2.45) is 17.8 Å². The molecule has 0 spiro atoms. The second kappa shape index (κ2) is 8.67. The Morgan fingerprint density at radius 1 is 0.878 bits per heavy atom. The van der Waals surface area contributed by atoms with Crippen LogP contribution in [0.15, 0.2) is 47.4 Å². The number of sulfone groups is 1. The van der Waals surface area contributed by atoms with Crippen LogP contribution >= 0.6 is 0 Å². The van der Waals surface area contributed by atoms with Gasteiger partial charge in [-0.1, -0.05) is 18.2 Å². The van der Waals surface area contributed by atoms with E-state index < -0.39 is 55.8 Å². The lowest BCUT2D eigenvalue weighted by Crippen LogP contribution is -2.69. The summed E-state index contributed by atoms with van der Waals surface area (Å²) < 4.78 is 136. The monoisotopic (exact) mass is 607 g/mol. The van der Waals surface area contributed by atoms with E-state index in [0.29, 0.717) is 18.1 Å². The number of aryl methyl sites for hydroxylation is 1. The molecule has 0 radical (unpaired) electrons. The van der Waals surface area contributed by atoms with E-state index in [1.165, 1.54) is 0 Å². The van der Waals surface area contributed by atoms with Crippen LogP contribution in [0.1, 0.15) is 55.2 Å². The van der Waals surface area contributed by atoms with E-state index >= 15 is 0 Å². The highest BCUT2D eigenvalue weighted by atomic mass is 32.2. The Hall–Kier alpha value is -2.70. The number of halogens is 8. The molecule has 0 unspecified atom stereocenters. The van der Waals surface area contributed by atoms with Gasteiger partial charge in [0.05, 0.1) is 4.90 Å². The van der Waals surface area contributed by atoms with Gasteiger partial charge in [-0.15, -0.1) is 0 Å². The number of alkyl halides is 7. The Morgan fingerprint density at radius 3 is 2.02 bits per heavy atom. The normalized spacial score (nSPS) is 31.0. The Balaban J connectivity index is 1.48. The average molecular weight is 608 g/mol. The Morgan fingerprint density at radius 2 is 1.49 bits per heavy atom. The van der Waals surface area contributed by atoms with Crippen LogP contribution in [0.3, 0.4) is 0 Å². The van der Waals surface area contributed by atoms with Crippen LogP contribution in [0.5, 0.6) is 0 Å². The van der Waals surface area contributed by atoms with Gasteiger partial charge in [0.15, 0.2) is 9.84 Å². The smallest absolute Gasteiger partial charge is 0.350 e. The lowest BCUT2D eigenvalue weighted by atomic mass is 9.50. The van der Waals surface area contributed by atoms with Crippen molar-refractivity contribution in [1.82, 2.24) is 5.32 Å². The molecule has 4 nitrogen and oxygen atoms in total. The number of hydrogen-bond acceptors (Lipinski definition) is 3. The SMILES string of the molecule is O=C(NC12CC(C1)C2)[C@@H]1CC[C@@]2(S(=O)(=O)c3ccc(F)cc3)c3ccc(C(F)(C(F)(F)F)C(F)(F)F)cc3CC[C@@H]12. The molecule has 1 N–H and O–H groups in total. The molecule has 2 bridgehead atoms. The fourth-order valence-electron chi connectivity index (χ4n) is 7.68. The molecule has 4 fully saturated rings. The maximum Gasteiger partial charge on any atom is 0.435 e. The van der Waals surface area contributed by atoms with Crippen LogP contribution in [0.2, 0.25) is 0 Å². The summed E-state index contributed by atoms with van der Waals surface area (Å²) in [5, 5.41) is 3.05. The number of fused-ring (bicyclic) bond motifs is 3. The molecule has 0 aliphatic heterocycles. The molecule has 3 atom stereocenters. The summed E-state index contributed by atoms with van der Waals surface area (Å²) in [6, 6.07) is 5.53. The first-order chi connectivity index (χ1) is 19.0. The van der Waals surface area contributed by atoms with Gasteiger partial charge >= 0.3 is 18.0 Å². The quantitative estimate of drug-likeness (QED) is 0.315. The number of carbonyl (C=O) groups excluding carboxylic acids is 1. The van der Waals surface area contributed by atoms with E-state index in [9.17, 15) is 48.3 Å². The molecular weight excluding hydrogens is 582 g/mol. The van der Waals surface area contributed by atoms with Crippen LogP contribution < -0.4 is 5.32 Å². The van der Waals surface area contributed by atoms with Crippen LogP contribution in [0.4, 0.5) is 35.1 Å². The Labute approximate surface area is 230 Å². The number of carbonyl (C=O) groups is 1. The number of nitrogens with one attached hydrogen (secondary N) is 1. The van der Waals surface area contributed by atoms with Crippen molar-refractivity contribution in [3.8, 4) is 0 Å². The van der Waals surface area contributed by atoms with Gasteiger partial charge in [-0.2, -0.15) is 26.3 Å². The summed E-state index contributed by atoms with van der Waals surface area (Å²) in [6.45, 7) is 0. The molecule has 41 heavy (non-hydrogen) atoms. The van der Waals surface area contributed by atoms with Gasteiger partial charge in [0, 0.05) is 17.0 Å². The maximum absolute atomic E-state index is 14.9. The topological polar surface area (TPSA) is 63.2 Å². The maximum atomic E-state index is 14.9. The highest BCUT2D eigenvalue weighted by Gasteiger charge is 2.74. The molecule has 2 aromatic rings. The predicted molar refractivity (Wildman–Crippen MR) is 129 cm³/mol. The molecule has 2 aromatic carbocycles. The van der Waals surface area contributed by atoms with Crippen molar-refractivity contribution in [3.05, 3.63) is 65.0 Å². The average Bonchev–Trinajstić information content (AvgIpc) is 3.25. The van der Waals surface area contributed by atoms with Crippen molar-refractivity contribution in [2.45, 2.75) is 78.1 Å². The van der Waals surface area contributed by atoms with Crippen molar-refractivity contribution in [3.63, 3.8) is 0 Å². The second-order valence-corrected chi connectivity index (χ2v) is 14.1. The molecule has 0 saturated heterocycles. The molecular formula is C28H25F8NO3S. The van der Waals surface area contributed by atoms with E-state index in [-0.39, 0.29) is 53.2 Å². The molecule has 5 aliphatic rings. The Bertz CT molecular complexity index is 1490. The molecule has 0 heterocycles. The second-order valence-electron chi connectivity index (χ2n) is 11.9. The zero-order chi connectivity index (χ0) is 29.8. The van der Waals surface area contributed by atoms with Crippen LogP contribution in [0, 0.1) is 23.6 Å². The van der Waals surface area contributed by atoms with Gasteiger partial charge < -0.3 is 5.32 Å². The van der Waals surface area contributed by atoms with E-state index in [4.69, 9.17) is 0 Å². The van der Waals surface area contributed by atoms with E-state index in [1.54, 1.807) is 0 Å². The molecule has 7 rings (SSSR count). The number of amides is 1. The largest absolute Gasteiger partial charge is 0.435 e. The summed E-state index contributed by atoms with van der Waals surface area (Å²) in [4.78, 5) is 13.1. The molecule has 4 saturated carbocycles. The zero-order valence-corrected chi connectivity index (χ0v) is 22.2. The van der Waals surface area contributed by atoms with Gasteiger partial charge in [0.2, 0.25) is 5.91 Å². The highest BCUT2D eigenvalue weighted by Crippen LogP contribution is 2.62. The first-order valence-electron chi connectivity index (χ1n) is 13.2. The third-order valence-corrected chi connectivity index (χ3v) is 12.3. The van der Waals surface area contributed by atoms with Crippen LogP contribution in [-0.2, 0) is 31.5 Å². The predicted octanol–water partition coefficient (Wildman–Crippen LogP) is 6.43. The van der Waals surface area contributed by atoms with Gasteiger partial charge in [-0.05, 0) is 92.2 Å². The van der Waals surface area contributed by atoms with Crippen LogP contribution in [-0.4, -0.2) is 32.2 Å². The molecule has 222 valence electrons. The fraction of sp³-hybridized carbons (Fsp3) is 0.536. The van der Waals surface area contributed by atoms with Gasteiger partial charge in [0.1, 0.15) is 10.6 Å². The minimum absolute atomic E-state index is 0.0398. The Kier molecular flexibility index (Phi) is 6.01. The lowest BCUT2D eigenvalue weighted by Gasteiger charge is -2.62. The lowest BCUT2D eigenvalue weighted by molar-refractivity contribution is -0.348. The third kappa shape index (κ3) is 3.82. The summed E-state index contributed by atoms with van der Waals surface area (Å²) in [5.74, 6) is -2.13. The minimum atomic E-state index is -6.33. The van der Waals surface area contributed by atoms with Crippen LogP contribution in [0.25, 0.3) is 0 Å². The summed E-state index contributed by atoms with van der Waals surface area (Å²) in [5.41, 5.74) is -7.89. The number of hydrogen-bond donors (Lipinski definition) is 1. The minimum Gasteiger partial charge on any atom is -0.350 e. The van der Waals surface area contributed by atoms with Crippen molar-refractivity contribution < 1.29 is 48.3 Å². The van der Waals surface area contributed by atoms with Crippen molar-refractivity contribution >= 4 is 15.7 Å². The third-order valence-electron chi connectivity index (χ3n) is 9.74. The summed E-state index contributed by atoms with van der Waals surface area (Å²) in [6.07, 6.45) is -10.4. The summed E-state index contributed by atoms with van der Waals surface area (Å²) in [7, 11) is -4.47. The van der Waals surface area contributed by atoms with Gasteiger partial charge in [-0.25, -0.2) is 17.2 Å². The first kappa shape index (κ1) is 28.4. The van der Waals surface area contributed by atoms with E-state index in [0.717, 1.165) is 49.6 Å². The summed E-state index contributed by atoms with van der Waals surface area (Å²) >= 11 is 0. The van der Waals surface area contributed by atoms with E-state index in [2.05, 4.69) is 5.32 Å². The van der Waals surface area contributed by atoms with Gasteiger partial charge in [-0.3, -0.25) is 4.79 Å². The standard InChI is InChI=1S/C28H25F8NO3S/c29-18-3-5-19(6-4-18)41(39,40)25-10-9-20(23(38)37-24-12-15(13-24)14-24)22(25)7-1-16-11-17(2-8-21(16)25)26(30,27(31,32)33)28(34,35)36/h2-6,8,11,15,20,22H,1,7,9-10,12-14H2,(H,37,38)/t15?,20-,22+,24?,25-/m1/s1. The number of benzene rings is 2. The zero-order valence-electron chi connectivity index (χ0n) is 21.4. The molecule has 5 aliphatic carbocycles. The molecule has 1 amide bonds.